The molecule has 0 aliphatic heterocycles. The summed E-state index contributed by atoms with van der Waals surface area (Å²) in [6, 6.07) is 0. The van der Waals surface area contributed by atoms with Crippen LogP contribution in [0.3, 0.4) is 0 Å². The summed E-state index contributed by atoms with van der Waals surface area (Å²) in [5, 5.41) is 15.0. The van der Waals surface area contributed by atoms with E-state index in [0.29, 0.717) is 0 Å². The van der Waals surface area contributed by atoms with Crippen LogP contribution in [0.5, 0.6) is 0 Å². The molecule has 25 heavy (non-hydrogen) atoms. The topological polar surface area (TPSA) is 74.6 Å². The molecule has 2 N–H and O–H groups in total. The molecule has 0 unspecified atom stereocenters. The standard InChI is InChI=1S/C13H17.2C3H2O2.ClH.Ti/c1-3-7-12-10(5-1)9-11-6-2-4-8-13(11)12;2*1-2-3(4)5;;/h5H,1-4,6-9H2;2*1H,(H,4,5);1H;/q-1;;;;/p-1. The van der Waals surface area contributed by atoms with Crippen molar-refractivity contribution in [2.75, 3.05) is 0 Å². The summed E-state index contributed by atoms with van der Waals surface area (Å²) >= 11 is 0. The van der Waals surface area contributed by atoms with Crippen LogP contribution in [0.1, 0.15) is 51.4 Å². The van der Waals surface area contributed by atoms with Gasteiger partial charge >= 0.3 is 11.9 Å². The average Bonchev–Trinajstić information content (AvgIpc) is 2.94. The van der Waals surface area contributed by atoms with Crippen LogP contribution in [-0.2, 0) is 31.3 Å². The molecule has 3 aliphatic carbocycles. The van der Waals surface area contributed by atoms with Crippen molar-refractivity contribution in [1.82, 2.24) is 0 Å². The smallest absolute Gasteiger partial charge is 0.381 e. The molecule has 0 radical (unpaired) electrons. The monoisotopic (exact) mass is 396 g/mol. The van der Waals surface area contributed by atoms with Crippen molar-refractivity contribution in [3.63, 3.8) is 0 Å². The Balaban J connectivity index is 0. The van der Waals surface area contributed by atoms with Gasteiger partial charge in [-0.1, -0.05) is 24.8 Å². The quantitative estimate of drug-likeness (QED) is 0.352. The van der Waals surface area contributed by atoms with E-state index in [2.05, 4.69) is 19.3 Å². The number of rotatable bonds is 0. The van der Waals surface area contributed by atoms with Gasteiger partial charge < -0.3 is 22.6 Å². The van der Waals surface area contributed by atoms with Gasteiger partial charge in [-0.25, -0.2) is 21.6 Å². The van der Waals surface area contributed by atoms with E-state index in [9.17, 15) is 0 Å². The molecule has 6 heteroatoms. The Labute approximate surface area is 170 Å². The number of aliphatic carboxylic acids is 2. The fraction of sp³-hybridized carbons (Fsp3) is 0.421. The van der Waals surface area contributed by atoms with Crippen molar-refractivity contribution in [2.24, 2.45) is 0 Å². The normalized spacial score (nSPS) is 16.2. The Morgan fingerprint density at radius 1 is 0.920 bits per heavy atom. The first-order valence-electron chi connectivity index (χ1n) is 7.65. The molecule has 0 aromatic rings. The predicted octanol–water partition coefficient (Wildman–Crippen LogP) is 0.355. The summed E-state index contributed by atoms with van der Waals surface area (Å²) in [5.74, 6) is 0.454. The third kappa shape index (κ3) is 8.89. The molecule has 3 rings (SSSR count). The molecule has 0 amide bonds. The Hall–Kier alpha value is -1.59. The average molecular weight is 397 g/mol. The van der Waals surface area contributed by atoms with Crippen molar-refractivity contribution >= 4 is 11.9 Å². The van der Waals surface area contributed by atoms with Gasteiger partial charge in [-0.3, -0.25) is 0 Å². The first-order chi connectivity index (χ1) is 11.0. The summed E-state index contributed by atoms with van der Waals surface area (Å²) in [4.78, 5) is 18.3. The van der Waals surface area contributed by atoms with Gasteiger partial charge in [0.2, 0.25) is 0 Å². The van der Waals surface area contributed by atoms with Crippen LogP contribution in [0.4, 0.5) is 0 Å². The van der Waals surface area contributed by atoms with Crippen molar-refractivity contribution in [2.45, 2.75) is 51.4 Å². The second kappa shape index (κ2) is 13.7. The minimum absolute atomic E-state index is 0. The van der Waals surface area contributed by atoms with Crippen LogP contribution in [0.2, 0.25) is 0 Å². The van der Waals surface area contributed by atoms with E-state index >= 15 is 0 Å². The number of halogens is 1. The summed E-state index contributed by atoms with van der Waals surface area (Å²) in [7, 11) is 0. The minimum Gasteiger partial charge on any atom is -1.00 e. The maximum Gasteiger partial charge on any atom is 0.381 e. The molecule has 0 saturated carbocycles. The second-order valence-electron chi connectivity index (χ2n) is 5.47. The van der Waals surface area contributed by atoms with Gasteiger partial charge in [-0.2, -0.15) is 5.57 Å². The Morgan fingerprint density at radius 3 is 1.92 bits per heavy atom. The van der Waals surface area contributed by atoms with E-state index in [0.717, 1.165) is 0 Å². The molecule has 0 bridgehead atoms. The number of hydrogen-bond donors (Lipinski definition) is 2. The molecule has 0 spiro atoms. The predicted molar refractivity (Wildman–Crippen MR) is 88.2 cm³/mol. The van der Waals surface area contributed by atoms with Crippen molar-refractivity contribution in [3.8, 4) is 24.7 Å². The Kier molecular flexibility index (Phi) is 14.0. The molecule has 0 aromatic heterocycles. The second-order valence-corrected chi connectivity index (χ2v) is 5.47. The number of fused-ring (bicyclic) bond motifs is 1. The van der Waals surface area contributed by atoms with Crippen molar-refractivity contribution < 1.29 is 53.9 Å². The first-order valence-corrected chi connectivity index (χ1v) is 7.65. The van der Waals surface area contributed by atoms with Crippen LogP contribution in [0, 0.1) is 31.1 Å². The SMILES string of the molecule is C#CC(=O)O.C#CC(=O)O.[CH-]1CCCC2=C1CC1=C2CCCC1.[Cl-].[Ti]. The van der Waals surface area contributed by atoms with E-state index in [1.54, 1.807) is 22.3 Å². The number of terminal acetylenes is 2. The van der Waals surface area contributed by atoms with Crippen LogP contribution in [0.15, 0.2) is 22.3 Å². The zero-order valence-corrected chi connectivity index (χ0v) is 16.3. The molecular formula is C19H21ClO4Ti-2. The van der Waals surface area contributed by atoms with Crippen LogP contribution in [-0.4, -0.2) is 22.2 Å². The summed E-state index contributed by atoms with van der Waals surface area (Å²) in [6.07, 6.45) is 22.2. The van der Waals surface area contributed by atoms with E-state index < -0.39 is 11.9 Å². The largest absolute Gasteiger partial charge is 1.00 e. The number of hydrogen-bond acceptors (Lipinski definition) is 2. The van der Waals surface area contributed by atoms with Gasteiger partial charge in [0.25, 0.3) is 0 Å². The zero-order valence-electron chi connectivity index (χ0n) is 14.0. The van der Waals surface area contributed by atoms with Gasteiger partial charge in [0.05, 0.1) is 0 Å². The van der Waals surface area contributed by atoms with Crippen LogP contribution >= 0.6 is 0 Å². The van der Waals surface area contributed by atoms with E-state index in [1.807, 2.05) is 0 Å². The molecular weight excluding hydrogens is 376 g/mol. The molecule has 0 aromatic carbocycles. The molecule has 3 aliphatic rings. The van der Waals surface area contributed by atoms with Crippen molar-refractivity contribution in [3.05, 3.63) is 28.7 Å². The van der Waals surface area contributed by atoms with Crippen LogP contribution < -0.4 is 12.4 Å². The molecule has 134 valence electrons. The molecule has 4 nitrogen and oxygen atoms in total. The fourth-order valence-corrected chi connectivity index (χ4v) is 3.12. The third-order valence-electron chi connectivity index (χ3n) is 4.01. The number of carboxylic acid groups (broad SMARTS) is 2. The third-order valence-corrected chi connectivity index (χ3v) is 4.01. The van der Waals surface area contributed by atoms with Crippen LogP contribution in [0.25, 0.3) is 0 Å². The summed E-state index contributed by atoms with van der Waals surface area (Å²) in [6.45, 7) is 0. The fourth-order valence-electron chi connectivity index (χ4n) is 3.12. The number of allylic oxidation sites excluding steroid dienone is 4. The molecule has 0 atom stereocenters. The van der Waals surface area contributed by atoms with Gasteiger partial charge in [-0.15, -0.1) is 24.8 Å². The molecule has 0 heterocycles. The molecule has 0 saturated heterocycles. The Bertz CT molecular complexity index is 566. The summed E-state index contributed by atoms with van der Waals surface area (Å²) < 4.78 is 0. The summed E-state index contributed by atoms with van der Waals surface area (Å²) in [5.41, 5.74) is 7.06. The van der Waals surface area contributed by atoms with Gasteiger partial charge in [0.1, 0.15) is 0 Å². The van der Waals surface area contributed by atoms with Gasteiger partial charge in [0, 0.05) is 33.6 Å². The maximum absolute atomic E-state index is 9.13. The van der Waals surface area contributed by atoms with Crippen molar-refractivity contribution in [1.29, 1.82) is 0 Å². The first kappa shape index (κ1) is 25.7. The number of carbonyl (C=O) groups is 2. The maximum atomic E-state index is 9.13. The number of carboxylic acids is 2. The molecule has 0 fully saturated rings. The van der Waals surface area contributed by atoms with E-state index in [1.165, 1.54) is 63.2 Å². The van der Waals surface area contributed by atoms with E-state index in [4.69, 9.17) is 19.8 Å². The minimum atomic E-state index is -1.22. The zero-order chi connectivity index (χ0) is 17.2. The van der Waals surface area contributed by atoms with E-state index in [-0.39, 0.29) is 34.1 Å². The van der Waals surface area contributed by atoms with Gasteiger partial charge in [0.15, 0.2) is 0 Å². The van der Waals surface area contributed by atoms with Gasteiger partial charge in [-0.05, 0) is 25.7 Å². The Morgan fingerprint density at radius 2 is 1.40 bits per heavy atom.